The lowest BCUT2D eigenvalue weighted by molar-refractivity contribution is -0.0501. The smallest absolute Gasteiger partial charge is 0.534 e. The molecule has 1 amide bonds. The second-order valence-electron chi connectivity index (χ2n) is 5.21. The summed E-state index contributed by atoms with van der Waals surface area (Å²) >= 11 is 0. The maximum Gasteiger partial charge on any atom is 0.563 e. The van der Waals surface area contributed by atoms with Gasteiger partial charge in [-0.25, -0.2) is 0 Å². The van der Waals surface area contributed by atoms with E-state index in [-0.39, 0.29) is 11.3 Å². The highest BCUT2D eigenvalue weighted by atomic mass is 19.3. The minimum absolute atomic E-state index is 0.0252. The summed E-state index contributed by atoms with van der Waals surface area (Å²) in [6, 6.07) is 4.19. The molecule has 118 valence electrons. The first kappa shape index (κ1) is 16.3. The molecule has 1 aliphatic rings. The lowest BCUT2D eigenvalue weighted by atomic mass is 9.78. The molecule has 0 aliphatic carbocycles. The number of nitrogens with one attached hydrogen (secondary N) is 1. The fraction of sp³-hybridized carbons (Fsp3) is 0.357. The van der Waals surface area contributed by atoms with E-state index in [4.69, 9.17) is 9.31 Å². The van der Waals surface area contributed by atoms with Gasteiger partial charge >= 0.3 is 13.7 Å². The monoisotopic (exact) mass is 311 g/mol. The highest BCUT2D eigenvalue weighted by molar-refractivity contribution is 6.62. The Morgan fingerprint density at radius 2 is 2.14 bits per heavy atom. The number of benzene rings is 1. The number of carbonyl (C=O) groups excluding carboxylic acids is 1. The van der Waals surface area contributed by atoms with Crippen molar-refractivity contribution >= 4 is 18.5 Å². The van der Waals surface area contributed by atoms with Gasteiger partial charge in [-0.3, -0.25) is 4.79 Å². The van der Waals surface area contributed by atoms with E-state index in [1.807, 2.05) is 0 Å². The van der Waals surface area contributed by atoms with Crippen LogP contribution in [0.5, 0.6) is 5.75 Å². The van der Waals surface area contributed by atoms with Gasteiger partial charge in [-0.15, -0.1) is 0 Å². The first-order chi connectivity index (χ1) is 10.2. The molecule has 0 spiro atoms. The molecule has 1 aromatic carbocycles. The molecular formula is C14H16BF2NO4. The van der Waals surface area contributed by atoms with Gasteiger partial charge < -0.3 is 19.4 Å². The van der Waals surface area contributed by atoms with Crippen LogP contribution in [0.4, 0.5) is 8.78 Å². The minimum atomic E-state index is -3.02. The first-order valence-electron chi connectivity index (χ1n) is 6.59. The van der Waals surface area contributed by atoms with Crippen molar-refractivity contribution in [2.75, 3.05) is 7.05 Å². The Hall–Kier alpha value is -2.09. The zero-order chi connectivity index (χ0) is 16.5. The van der Waals surface area contributed by atoms with Crippen molar-refractivity contribution in [3.05, 3.63) is 36.1 Å². The third-order valence-corrected chi connectivity index (χ3v) is 3.29. The summed E-state index contributed by atoms with van der Waals surface area (Å²) in [4.78, 5) is 11.8. The maximum atomic E-state index is 12.4. The van der Waals surface area contributed by atoms with Gasteiger partial charge in [0.15, 0.2) is 0 Å². The highest BCUT2D eigenvalue weighted by Crippen LogP contribution is 2.30. The van der Waals surface area contributed by atoms with Crippen LogP contribution in [0.25, 0.3) is 0 Å². The van der Waals surface area contributed by atoms with Crippen LogP contribution >= 0.6 is 0 Å². The number of halogens is 2. The zero-order valence-electron chi connectivity index (χ0n) is 12.5. The van der Waals surface area contributed by atoms with Crippen molar-refractivity contribution in [3.8, 4) is 5.75 Å². The van der Waals surface area contributed by atoms with Crippen molar-refractivity contribution in [2.45, 2.75) is 26.1 Å². The minimum Gasteiger partial charge on any atom is -0.534 e. The Labute approximate surface area is 127 Å². The number of rotatable bonds is 4. The van der Waals surface area contributed by atoms with Gasteiger partial charge in [-0.05, 0) is 31.4 Å². The third kappa shape index (κ3) is 3.22. The molecule has 8 heteroatoms. The molecule has 0 unspecified atom stereocenters. The Bertz CT molecular complexity index is 607. The molecule has 1 aromatic rings. The normalized spacial score (nSPS) is 16.6. The third-order valence-electron chi connectivity index (χ3n) is 3.29. The molecule has 0 saturated carbocycles. The second kappa shape index (κ2) is 5.96. The van der Waals surface area contributed by atoms with E-state index in [0.717, 1.165) is 0 Å². The van der Waals surface area contributed by atoms with E-state index in [2.05, 4.69) is 16.6 Å². The maximum absolute atomic E-state index is 12.4. The number of hydrogen-bond donors (Lipinski definition) is 1. The summed E-state index contributed by atoms with van der Waals surface area (Å²) in [5.74, 6) is -0.310. The van der Waals surface area contributed by atoms with Crippen LogP contribution in [0, 0.1) is 0 Å². The summed E-state index contributed by atoms with van der Waals surface area (Å²) in [6.45, 7) is 4.33. The largest absolute Gasteiger partial charge is 0.563 e. The van der Waals surface area contributed by atoms with Crippen LogP contribution in [-0.2, 0) is 9.31 Å². The van der Waals surface area contributed by atoms with Gasteiger partial charge in [0.05, 0.1) is 11.3 Å². The van der Waals surface area contributed by atoms with Gasteiger partial charge in [-0.2, -0.15) is 8.78 Å². The molecular weight excluding hydrogens is 295 g/mol. The van der Waals surface area contributed by atoms with Gasteiger partial charge in [0.1, 0.15) is 11.4 Å². The topological polar surface area (TPSA) is 56.8 Å². The van der Waals surface area contributed by atoms with E-state index in [0.29, 0.717) is 11.2 Å². The van der Waals surface area contributed by atoms with Crippen molar-refractivity contribution in [2.24, 2.45) is 0 Å². The highest BCUT2D eigenvalue weighted by Gasteiger charge is 2.43. The molecule has 2 rings (SSSR count). The molecule has 0 radical (unpaired) electrons. The number of alkyl halides is 2. The summed E-state index contributed by atoms with van der Waals surface area (Å²) in [5, 5.41) is 2.37. The lowest BCUT2D eigenvalue weighted by Gasteiger charge is -2.16. The molecule has 1 N–H and O–H groups in total. The Kier molecular flexibility index (Phi) is 4.41. The molecule has 0 bridgehead atoms. The number of amides is 1. The molecule has 1 heterocycles. The second-order valence-corrected chi connectivity index (χ2v) is 5.21. The fourth-order valence-corrected chi connectivity index (χ4v) is 1.97. The van der Waals surface area contributed by atoms with Crippen LogP contribution in [0.1, 0.15) is 24.2 Å². The van der Waals surface area contributed by atoms with Gasteiger partial charge in [0.2, 0.25) is 0 Å². The Morgan fingerprint density at radius 1 is 1.45 bits per heavy atom. The number of hydrogen-bond acceptors (Lipinski definition) is 4. The summed E-state index contributed by atoms with van der Waals surface area (Å²) in [5.41, 5.74) is -0.189. The van der Waals surface area contributed by atoms with E-state index in [9.17, 15) is 13.6 Å². The van der Waals surface area contributed by atoms with Crippen LogP contribution in [-0.4, -0.2) is 32.3 Å². The molecule has 5 nitrogen and oxygen atoms in total. The first-order valence-corrected chi connectivity index (χ1v) is 6.59. The Balaban J connectivity index is 2.35. The molecule has 1 aliphatic heterocycles. The molecule has 0 aromatic heterocycles. The molecule has 0 atom stereocenters. The Morgan fingerprint density at radius 3 is 2.64 bits per heavy atom. The number of ether oxygens (including phenoxy) is 1. The van der Waals surface area contributed by atoms with Gasteiger partial charge in [-0.1, -0.05) is 12.6 Å². The van der Waals surface area contributed by atoms with Crippen molar-refractivity contribution < 1.29 is 27.6 Å². The van der Waals surface area contributed by atoms with Crippen LogP contribution in [0.15, 0.2) is 30.5 Å². The summed E-state index contributed by atoms with van der Waals surface area (Å²) in [6.07, 6.45) is 0. The van der Waals surface area contributed by atoms with Crippen LogP contribution in [0.3, 0.4) is 0 Å². The van der Waals surface area contributed by atoms with Crippen LogP contribution in [0.2, 0.25) is 0 Å². The lowest BCUT2D eigenvalue weighted by Crippen LogP contribution is -2.35. The average molecular weight is 311 g/mol. The molecule has 1 fully saturated rings. The summed E-state index contributed by atoms with van der Waals surface area (Å²) in [7, 11) is 0.640. The predicted octanol–water partition coefficient (Wildman–Crippen LogP) is 1.68. The van der Waals surface area contributed by atoms with Crippen molar-refractivity contribution in [1.82, 2.24) is 5.32 Å². The van der Waals surface area contributed by atoms with Crippen LogP contribution < -0.4 is 15.5 Å². The molecule has 22 heavy (non-hydrogen) atoms. The van der Waals surface area contributed by atoms with Crippen molar-refractivity contribution in [1.29, 1.82) is 0 Å². The van der Waals surface area contributed by atoms with Gasteiger partial charge in [0.25, 0.3) is 5.91 Å². The van der Waals surface area contributed by atoms with Crippen molar-refractivity contribution in [3.63, 3.8) is 0 Å². The number of carbonyl (C=O) groups is 1. The summed E-state index contributed by atoms with van der Waals surface area (Å²) < 4.78 is 40.4. The van der Waals surface area contributed by atoms with E-state index in [1.165, 1.54) is 25.2 Å². The average Bonchev–Trinajstić information content (AvgIpc) is 2.72. The molecule has 1 saturated heterocycles. The van der Waals surface area contributed by atoms with E-state index >= 15 is 0 Å². The SMILES string of the molecule is C=C1OB(c2ccc(OC(F)F)c(C(=O)NC)c2)OC1(C)C. The van der Waals surface area contributed by atoms with Gasteiger partial charge in [0, 0.05) is 7.05 Å². The fourth-order valence-electron chi connectivity index (χ4n) is 1.97. The zero-order valence-corrected chi connectivity index (χ0v) is 12.5. The van der Waals surface area contributed by atoms with E-state index < -0.39 is 25.2 Å². The predicted molar refractivity (Wildman–Crippen MR) is 77.2 cm³/mol. The quantitative estimate of drug-likeness (QED) is 0.860. The standard InChI is InChI=1S/C14H16BF2NO4/c1-8-14(2,3)22-15(21-8)9-5-6-11(20-13(16)17)10(7-9)12(19)18-4/h5-7,13H,1H2,2-4H3,(H,18,19). The van der Waals surface area contributed by atoms with E-state index in [1.54, 1.807) is 13.8 Å².